The van der Waals surface area contributed by atoms with Crippen LogP contribution in [0.15, 0.2) is 24.3 Å². The molecule has 2 N–H and O–H groups in total. The molecule has 34 valence electrons. The van der Waals surface area contributed by atoms with Gasteiger partial charge in [0.15, 0.2) is 0 Å². The number of allylic oxidation sites excluding steroid dienone is 4. The quantitative estimate of drug-likeness (QED) is 0.413. The standard InChI is InChI=1S/C5H6.H2O/c1-2-4-5-3-1;/h1-4H,5H2;1H2. The topological polar surface area (TPSA) is 31.5 Å². The Hall–Kier alpha value is -0.560. The summed E-state index contributed by atoms with van der Waals surface area (Å²) < 4.78 is 0. The molecule has 6 heavy (non-hydrogen) atoms. The molecule has 0 fully saturated rings. The first kappa shape index (κ1) is 5.44. The smallest absolute Gasteiger partial charge is 0.0163 e. The van der Waals surface area contributed by atoms with E-state index in [-0.39, 0.29) is 5.48 Å². The molecule has 1 aliphatic carbocycles. The van der Waals surface area contributed by atoms with E-state index in [0.29, 0.717) is 0 Å². The van der Waals surface area contributed by atoms with Crippen LogP contribution >= 0.6 is 0 Å². The monoisotopic (exact) mass is 84.1 g/mol. The van der Waals surface area contributed by atoms with Crippen molar-refractivity contribution in [3.63, 3.8) is 0 Å². The van der Waals surface area contributed by atoms with Gasteiger partial charge < -0.3 is 5.48 Å². The van der Waals surface area contributed by atoms with E-state index in [4.69, 9.17) is 0 Å². The highest BCUT2D eigenvalue weighted by molar-refractivity contribution is 5.11. The van der Waals surface area contributed by atoms with E-state index in [1.807, 2.05) is 0 Å². The van der Waals surface area contributed by atoms with Gasteiger partial charge in [-0.3, -0.25) is 0 Å². The van der Waals surface area contributed by atoms with Crippen LogP contribution in [0.1, 0.15) is 6.42 Å². The zero-order valence-electron chi connectivity index (χ0n) is 3.52. The average molecular weight is 84.1 g/mol. The van der Waals surface area contributed by atoms with Crippen LogP contribution in [0.3, 0.4) is 0 Å². The molecular formula is C5H8O. The molecule has 0 aromatic rings. The lowest BCUT2D eigenvalue weighted by atomic mass is 10.5. The van der Waals surface area contributed by atoms with Crippen molar-refractivity contribution in [3.8, 4) is 0 Å². The molecule has 1 nitrogen and oxygen atoms in total. The van der Waals surface area contributed by atoms with Gasteiger partial charge in [0, 0.05) is 0 Å². The predicted octanol–water partition coefficient (Wildman–Crippen LogP) is 0.678. The molecule has 0 amide bonds. The maximum atomic E-state index is 2.12. The molecule has 0 aromatic heterocycles. The Labute approximate surface area is 37.3 Å². The van der Waals surface area contributed by atoms with E-state index in [9.17, 15) is 0 Å². The first-order valence-corrected chi connectivity index (χ1v) is 1.82. The van der Waals surface area contributed by atoms with Crippen molar-refractivity contribution in [2.45, 2.75) is 6.42 Å². The highest BCUT2D eigenvalue weighted by Gasteiger charge is 1.72. The normalized spacial score (nSPS) is 14.7. The van der Waals surface area contributed by atoms with Gasteiger partial charge in [0.2, 0.25) is 0 Å². The lowest BCUT2D eigenvalue weighted by Gasteiger charge is -1.57. The number of hydrogen-bond acceptors (Lipinski definition) is 0. The van der Waals surface area contributed by atoms with E-state index >= 15 is 0 Å². The summed E-state index contributed by atoms with van der Waals surface area (Å²) in [6.45, 7) is 0. The maximum Gasteiger partial charge on any atom is -0.0163 e. The van der Waals surface area contributed by atoms with Crippen molar-refractivity contribution < 1.29 is 5.48 Å². The molecule has 0 radical (unpaired) electrons. The van der Waals surface area contributed by atoms with Crippen molar-refractivity contribution in [3.05, 3.63) is 24.3 Å². The van der Waals surface area contributed by atoms with Gasteiger partial charge in [-0.15, -0.1) is 0 Å². The molecular weight excluding hydrogens is 76.1 g/mol. The molecule has 1 rings (SSSR count). The Kier molecular flexibility index (Phi) is 2.42. The van der Waals surface area contributed by atoms with Crippen molar-refractivity contribution in [2.24, 2.45) is 0 Å². The predicted molar refractivity (Wildman–Crippen MR) is 26.5 cm³/mol. The summed E-state index contributed by atoms with van der Waals surface area (Å²) in [6, 6.07) is 0. The Morgan fingerprint density at radius 2 is 1.50 bits per heavy atom. The van der Waals surface area contributed by atoms with Gasteiger partial charge in [0.1, 0.15) is 0 Å². The summed E-state index contributed by atoms with van der Waals surface area (Å²) in [5.41, 5.74) is 0. The lowest BCUT2D eigenvalue weighted by Crippen LogP contribution is -1.37. The van der Waals surface area contributed by atoms with E-state index in [2.05, 4.69) is 24.3 Å². The van der Waals surface area contributed by atoms with Gasteiger partial charge in [0.25, 0.3) is 0 Å². The van der Waals surface area contributed by atoms with Gasteiger partial charge in [-0.25, -0.2) is 0 Å². The van der Waals surface area contributed by atoms with Crippen LogP contribution in [-0.4, -0.2) is 5.48 Å². The Morgan fingerprint density at radius 3 is 1.67 bits per heavy atom. The minimum Gasteiger partial charge on any atom is -0.412 e. The van der Waals surface area contributed by atoms with Crippen LogP contribution in [0.25, 0.3) is 0 Å². The Balaban J connectivity index is 0.000000250. The molecule has 0 saturated carbocycles. The second-order valence-electron chi connectivity index (χ2n) is 1.09. The first-order valence-electron chi connectivity index (χ1n) is 1.82. The summed E-state index contributed by atoms with van der Waals surface area (Å²) in [6.07, 6.45) is 9.50. The third kappa shape index (κ3) is 1.04. The first-order chi connectivity index (χ1) is 2.50. The van der Waals surface area contributed by atoms with Crippen LogP contribution in [0.4, 0.5) is 0 Å². The summed E-state index contributed by atoms with van der Waals surface area (Å²) in [5.74, 6) is 0. The second-order valence-corrected chi connectivity index (χ2v) is 1.09. The minimum atomic E-state index is 0. The van der Waals surface area contributed by atoms with E-state index in [1.165, 1.54) is 0 Å². The summed E-state index contributed by atoms with van der Waals surface area (Å²) in [4.78, 5) is 0. The van der Waals surface area contributed by atoms with E-state index < -0.39 is 0 Å². The number of hydrogen-bond donors (Lipinski definition) is 0. The van der Waals surface area contributed by atoms with Gasteiger partial charge in [0.05, 0.1) is 0 Å². The van der Waals surface area contributed by atoms with Gasteiger partial charge in [-0.1, -0.05) is 24.3 Å². The lowest BCUT2D eigenvalue weighted by molar-refractivity contribution is 0.824. The van der Waals surface area contributed by atoms with Crippen LogP contribution in [0, 0.1) is 0 Å². The summed E-state index contributed by atoms with van der Waals surface area (Å²) in [7, 11) is 0. The van der Waals surface area contributed by atoms with Crippen LogP contribution in [0.2, 0.25) is 0 Å². The molecule has 0 unspecified atom stereocenters. The van der Waals surface area contributed by atoms with Gasteiger partial charge in [-0.2, -0.15) is 0 Å². The third-order valence-electron chi connectivity index (χ3n) is 0.655. The van der Waals surface area contributed by atoms with Gasteiger partial charge >= 0.3 is 0 Å². The van der Waals surface area contributed by atoms with Gasteiger partial charge in [-0.05, 0) is 6.42 Å². The third-order valence-corrected chi connectivity index (χ3v) is 0.655. The highest BCUT2D eigenvalue weighted by atomic mass is 16.0. The molecule has 1 heteroatoms. The maximum absolute atomic E-state index is 2.12. The number of rotatable bonds is 0. The fourth-order valence-corrected chi connectivity index (χ4v) is 0.393. The zero-order valence-corrected chi connectivity index (χ0v) is 3.52. The van der Waals surface area contributed by atoms with Crippen LogP contribution < -0.4 is 0 Å². The van der Waals surface area contributed by atoms with Crippen molar-refractivity contribution in [1.29, 1.82) is 0 Å². The molecule has 0 aromatic carbocycles. The fraction of sp³-hybridized carbons (Fsp3) is 0.200. The van der Waals surface area contributed by atoms with Crippen molar-refractivity contribution in [1.82, 2.24) is 0 Å². The van der Waals surface area contributed by atoms with E-state index in [0.717, 1.165) is 6.42 Å². The molecule has 1 aliphatic rings. The fourth-order valence-electron chi connectivity index (χ4n) is 0.393. The zero-order chi connectivity index (χ0) is 3.54. The van der Waals surface area contributed by atoms with Crippen molar-refractivity contribution >= 4 is 0 Å². The Morgan fingerprint density at radius 1 is 1.00 bits per heavy atom. The highest BCUT2D eigenvalue weighted by Crippen LogP contribution is 1.93. The van der Waals surface area contributed by atoms with Crippen molar-refractivity contribution in [2.75, 3.05) is 0 Å². The molecule has 0 heterocycles. The SMILES string of the molecule is C1=CCC=C1.O. The summed E-state index contributed by atoms with van der Waals surface area (Å²) in [5, 5.41) is 0. The van der Waals surface area contributed by atoms with Crippen LogP contribution in [-0.2, 0) is 0 Å². The molecule has 0 bridgehead atoms. The largest absolute Gasteiger partial charge is 0.412 e. The summed E-state index contributed by atoms with van der Waals surface area (Å²) >= 11 is 0. The Bertz CT molecular complexity index is 62.0. The molecule has 0 spiro atoms. The minimum absolute atomic E-state index is 0. The van der Waals surface area contributed by atoms with E-state index in [1.54, 1.807) is 0 Å². The van der Waals surface area contributed by atoms with Crippen LogP contribution in [0.5, 0.6) is 0 Å². The second kappa shape index (κ2) is 2.67. The molecule has 0 saturated heterocycles. The molecule has 0 atom stereocenters. The molecule has 0 aliphatic heterocycles. The average Bonchev–Trinajstić information content (AvgIpc) is 1.76.